The van der Waals surface area contributed by atoms with Gasteiger partial charge in [-0.05, 0) is 43.5 Å². The zero-order chi connectivity index (χ0) is 19.6. The molecule has 7 heteroatoms. The first kappa shape index (κ1) is 17.3. The summed E-state index contributed by atoms with van der Waals surface area (Å²) in [6.45, 7) is 1.76. The fourth-order valence-electron chi connectivity index (χ4n) is 4.03. The standard InChI is InChI=1S/C21H19ClN4O2/c1-11-9-15(10-25(2)20(11)27)26-19(13-5-7-14(22)8-6-13)18-16(21(26)28)17(23-24-18)12-3-4-12/h5-10,12,19H,3-4H2,1-2H3,(H,23,24)/t19-/m0/s1. The number of halogens is 1. The van der Waals surface area contributed by atoms with E-state index in [1.807, 2.05) is 24.3 Å². The van der Waals surface area contributed by atoms with E-state index in [2.05, 4.69) is 10.2 Å². The summed E-state index contributed by atoms with van der Waals surface area (Å²) in [5.41, 5.74) is 4.50. The molecule has 0 unspecified atom stereocenters. The number of fused-ring (bicyclic) bond motifs is 1. The number of anilines is 1. The van der Waals surface area contributed by atoms with Gasteiger partial charge >= 0.3 is 0 Å². The zero-order valence-corrected chi connectivity index (χ0v) is 16.3. The minimum Gasteiger partial charge on any atom is -0.316 e. The monoisotopic (exact) mass is 394 g/mol. The number of hydrogen-bond donors (Lipinski definition) is 1. The van der Waals surface area contributed by atoms with Gasteiger partial charge in [0.1, 0.15) is 6.04 Å². The van der Waals surface area contributed by atoms with Crippen LogP contribution < -0.4 is 10.5 Å². The van der Waals surface area contributed by atoms with Gasteiger partial charge < -0.3 is 4.57 Å². The number of carbonyl (C=O) groups excluding carboxylic acids is 1. The van der Waals surface area contributed by atoms with E-state index in [-0.39, 0.29) is 17.5 Å². The quantitative estimate of drug-likeness (QED) is 0.736. The molecule has 5 rings (SSSR count). The number of amides is 1. The molecule has 28 heavy (non-hydrogen) atoms. The third kappa shape index (κ3) is 2.52. The fourth-order valence-corrected chi connectivity index (χ4v) is 4.15. The predicted molar refractivity (Wildman–Crippen MR) is 107 cm³/mol. The first-order valence-electron chi connectivity index (χ1n) is 9.30. The topological polar surface area (TPSA) is 71.0 Å². The number of nitrogens with one attached hydrogen (secondary N) is 1. The molecular formula is C21H19ClN4O2. The minimum atomic E-state index is -0.336. The molecule has 2 aromatic heterocycles. The highest BCUT2D eigenvalue weighted by Gasteiger charge is 2.45. The molecule has 0 bridgehead atoms. The molecule has 1 amide bonds. The number of benzene rings is 1. The van der Waals surface area contributed by atoms with Crippen LogP contribution in [0.1, 0.15) is 57.7 Å². The maximum absolute atomic E-state index is 13.5. The highest BCUT2D eigenvalue weighted by atomic mass is 35.5. The lowest BCUT2D eigenvalue weighted by atomic mass is 10.0. The number of aryl methyl sites for hydroxylation is 2. The SMILES string of the molecule is Cc1cc(N2C(=O)c3c(C4CC4)n[nH]c3[C@@H]2c2ccc(Cl)cc2)cn(C)c1=O. The number of pyridine rings is 1. The molecule has 0 radical (unpaired) electrons. The maximum Gasteiger partial charge on any atom is 0.263 e. The van der Waals surface area contributed by atoms with Crippen molar-refractivity contribution in [1.29, 1.82) is 0 Å². The molecule has 2 aliphatic rings. The van der Waals surface area contributed by atoms with Gasteiger partial charge in [-0.1, -0.05) is 23.7 Å². The molecule has 0 saturated heterocycles. The summed E-state index contributed by atoms with van der Waals surface area (Å²) in [7, 11) is 1.70. The van der Waals surface area contributed by atoms with Crippen LogP contribution in [-0.2, 0) is 7.05 Å². The van der Waals surface area contributed by atoms with Gasteiger partial charge in [0.05, 0.1) is 22.6 Å². The maximum atomic E-state index is 13.5. The Balaban J connectivity index is 1.71. The first-order chi connectivity index (χ1) is 13.5. The summed E-state index contributed by atoms with van der Waals surface area (Å²) < 4.78 is 1.52. The van der Waals surface area contributed by atoms with Crippen LogP contribution in [0.3, 0.4) is 0 Å². The van der Waals surface area contributed by atoms with Crippen LogP contribution in [0.4, 0.5) is 5.69 Å². The Labute approximate surface area is 166 Å². The normalized spacial score (nSPS) is 18.6. The Morgan fingerprint density at radius 3 is 2.54 bits per heavy atom. The molecule has 142 valence electrons. The molecule has 1 atom stereocenters. The van der Waals surface area contributed by atoms with Crippen LogP contribution in [0.2, 0.25) is 5.02 Å². The molecule has 6 nitrogen and oxygen atoms in total. The van der Waals surface area contributed by atoms with E-state index in [9.17, 15) is 9.59 Å². The highest BCUT2D eigenvalue weighted by molar-refractivity contribution is 6.30. The van der Waals surface area contributed by atoms with Crippen molar-refractivity contribution in [3.63, 3.8) is 0 Å². The van der Waals surface area contributed by atoms with Crippen LogP contribution in [0.25, 0.3) is 0 Å². The van der Waals surface area contributed by atoms with Gasteiger partial charge in [-0.25, -0.2) is 0 Å². The number of hydrogen-bond acceptors (Lipinski definition) is 3. The Bertz CT molecular complexity index is 1130. The molecule has 1 fully saturated rings. The predicted octanol–water partition coefficient (Wildman–Crippen LogP) is 3.70. The Hall–Kier alpha value is -2.86. The first-order valence-corrected chi connectivity index (χ1v) is 9.68. The summed E-state index contributed by atoms with van der Waals surface area (Å²) in [6.07, 6.45) is 3.84. The van der Waals surface area contributed by atoms with Gasteiger partial charge in [-0.3, -0.25) is 19.6 Å². The zero-order valence-electron chi connectivity index (χ0n) is 15.6. The van der Waals surface area contributed by atoms with Crippen molar-refractivity contribution >= 4 is 23.2 Å². The number of H-pyrrole nitrogens is 1. The third-order valence-electron chi connectivity index (χ3n) is 5.56. The molecule has 3 heterocycles. The Kier molecular flexibility index (Phi) is 3.74. The van der Waals surface area contributed by atoms with Crippen molar-refractivity contribution in [2.75, 3.05) is 4.90 Å². The molecule has 1 N–H and O–H groups in total. The van der Waals surface area contributed by atoms with Crippen LogP contribution in [-0.4, -0.2) is 20.7 Å². The van der Waals surface area contributed by atoms with Crippen molar-refractivity contribution in [3.05, 3.63) is 80.0 Å². The van der Waals surface area contributed by atoms with Gasteiger partial charge in [0, 0.05) is 29.7 Å². The van der Waals surface area contributed by atoms with Crippen LogP contribution in [0, 0.1) is 6.92 Å². The summed E-state index contributed by atoms with van der Waals surface area (Å²) in [4.78, 5) is 27.4. The van der Waals surface area contributed by atoms with Gasteiger partial charge in [0.15, 0.2) is 0 Å². The fraction of sp³-hybridized carbons (Fsp3) is 0.286. The van der Waals surface area contributed by atoms with Crippen LogP contribution >= 0.6 is 11.6 Å². The van der Waals surface area contributed by atoms with Gasteiger partial charge in [-0.15, -0.1) is 0 Å². The van der Waals surface area contributed by atoms with Crippen LogP contribution in [0.5, 0.6) is 0 Å². The summed E-state index contributed by atoms with van der Waals surface area (Å²) in [6, 6.07) is 8.93. The lowest BCUT2D eigenvalue weighted by molar-refractivity contribution is 0.0992. The summed E-state index contributed by atoms with van der Waals surface area (Å²) in [5, 5.41) is 8.23. The van der Waals surface area contributed by atoms with Crippen molar-refractivity contribution in [3.8, 4) is 0 Å². The lowest BCUT2D eigenvalue weighted by Gasteiger charge is -2.26. The van der Waals surface area contributed by atoms with E-state index in [0.717, 1.165) is 29.8 Å². The minimum absolute atomic E-state index is 0.0719. The highest BCUT2D eigenvalue weighted by Crippen LogP contribution is 2.47. The van der Waals surface area contributed by atoms with E-state index in [0.29, 0.717) is 27.8 Å². The molecule has 0 spiro atoms. The molecular weight excluding hydrogens is 376 g/mol. The van der Waals surface area contributed by atoms with Crippen molar-refractivity contribution in [2.45, 2.75) is 31.7 Å². The van der Waals surface area contributed by atoms with Crippen molar-refractivity contribution in [2.24, 2.45) is 7.05 Å². The lowest BCUT2D eigenvalue weighted by Crippen LogP contribution is -2.31. The smallest absolute Gasteiger partial charge is 0.263 e. The third-order valence-corrected chi connectivity index (χ3v) is 5.81. The average Bonchev–Trinajstić information content (AvgIpc) is 3.35. The molecule has 1 aromatic carbocycles. The Morgan fingerprint density at radius 2 is 1.89 bits per heavy atom. The average molecular weight is 395 g/mol. The second-order valence-corrected chi connectivity index (χ2v) is 8.03. The van der Waals surface area contributed by atoms with E-state index in [1.165, 1.54) is 4.57 Å². The number of nitrogens with zero attached hydrogens (tertiary/aromatic N) is 3. The summed E-state index contributed by atoms with van der Waals surface area (Å²) in [5.74, 6) is 0.278. The number of aromatic nitrogens is 3. The Morgan fingerprint density at radius 1 is 1.18 bits per heavy atom. The second kappa shape index (κ2) is 6.07. The molecule has 1 aliphatic heterocycles. The van der Waals surface area contributed by atoms with E-state index < -0.39 is 0 Å². The number of carbonyl (C=O) groups is 1. The number of rotatable bonds is 3. The second-order valence-electron chi connectivity index (χ2n) is 7.60. The summed E-state index contributed by atoms with van der Waals surface area (Å²) >= 11 is 6.07. The van der Waals surface area contributed by atoms with E-state index in [4.69, 9.17) is 11.6 Å². The van der Waals surface area contributed by atoms with Crippen molar-refractivity contribution in [1.82, 2.24) is 14.8 Å². The van der Waals surface area contributed by atoms with Gasteiger partial charge in [0.2, 0.25) is 0 Å². The van der Waals surface area contributed by atoms with Crippen LogP contribution in [0.15, 0.2) is 41.3 Å². The number of aromatic amines is 1. The van der Waals surface area contributed by atoms with Crippen molar-refractivity contribution < 1.29 is 4.79 Å². The van der Waals surface area contributed by atoms with E-state index >= 15 is 0 Å². The van der Waals surface area contributed by atoms with E-state index in [1.54, 1.807) is 31.1 Å². The molecule has 1 aliphatic carbocycles. The molecule has 3 aromatic rings. The van der Waals surface area contributed by atoms with Gasteiger partial charge in [0.25, 0.3) is 11.5 Å². The van der Waals surface area contributed by atoms with Gasteiger partial charge in [-0.2, -0.15) is 5.10 Å². The largest absolute Gasteiger partial charge is 0.316 e. The molecule has 1 saturated carbocycles.